The van der Waals surface area contributed by atoms with E-state index in [0.717, 1.165) is 36.9 Å². The van der Waals surface area contributed by atoms with Crippen LogP contribution >= 0.6 is 0 Å². The van der Waals surface area contributed by atoms with Gasteiger partial charge in [-0.15, -0.1) is 6.58 Å². The Hall–Kier alpha value is -2.69. The number of furan rings is 1. The maximum atomic E-state index is 5.32. The van der Waals surface area contributed by atoms with E-state index in [9.17, 15) is 0 Å². The van der Waals surface area contributed by atoms with Crippen molar-refractivity contribution in [3.63, 3.8) is 0 Å². The van der Waals surface area contributed by atoms with E-state index in [1.807, 2.05) is 30.3 Å². The minimum Gasteiger partial charge on any atom is -0.497 e. The van der Waals surface area contributed by atoms with Crippen molar-refractivity contribution in [3.05, 3.63) is 66.6 Å². The molecule has 0 fully saturated rings. The molecular formula is C19H25N3O2. The number of nitrogens with one attached hydrogen (secondary N) is 2. The number of benzene rings is 1. The summed E-state index contributed by atoms with van der Waals surface area (Å²) in [6, 6.07) is 12.0. The summed E-state index contributed by atoms with van der Waals surface area (Å²) in [7, 11) is 1.67. The number of ether oxygens (including phenoxy) is 1. The molecule has 24 heavy (non-hydrogen) atoms. The monoisotopic (exact) mass is 327 g/mol. The summed E-state index contributed by atoms with van der Waals surface area (Å²) in [5.74, 6) is 2.61. The zero-order valence-electron chi connectivity index (χ0n) is 14.1. The lowest BCUT2D eigenvalue weighted by Crippen LogP contribution is -2.38. The van der Waals surface area contributed by atoms with Crippen molar-refractivity contribution < 1.29 is 9.15 Å². The molecule has 128 valence electrons. The lowest BCUT2D eigenvalue weighted by molar-refractivity contribution is 0.414. The maximum Gasteiger partial charge on any atom is 0.191 e. The Labute approximate surface area is 143 Å². The molecule has 0 aliphatic carbocycles. The summed E-state index contributed by atoms with van der Waals surface area (Å²) in [4.78, 5) is 4.56. The lowest BCUT2D eigenvalue weighted by Gasteiger charge is -2.11. The molecule has 0 radical (unpaired) electrons. The van der Waals surface area contributed by atoms with Gasteiger partial charge in [-0.25, -0.2) is 0 Å². The fourth-order valence-corrected chi connectivity index (χ4v) is 2.19. The van der Waals surface area contributed by atoms with E-state index in [0.29, 0.717) is 13.1 Å². The van der Waals surface area contributed by atoms with Crippen molar-refractivity contribution in [2.75, 3.05) is 26.7 Å². The molecule has 0 unspecified atom stereocenters. The third-order valence-electron chi connectivity index (χ3n) is 3.49. The molecule has 2 N–H and O–H groups in total. The summed E-state index contributed by atoms with van der Waals surface area (Å²) < 4.78 is 10.5. The SMILES string of the molecule is C=CCNC(=NCCc1ccco1)NCCc1ccc(OC)cc1. The fraction of sp³-hybridized carbons (Fsp3) is 0.316. The van der Waals surface area contributed by atoms with E-state index in [1.165, 1.54) is 5.56 Å². The Bertz CT molecular complexity index is 619. The van der Waals surface area contributed by atoms with Gasteiger partial charge in [-0.3, -0.25) is 4.99 Å². The molecule has 0 atom stereocenters. The highest BCUT2D eigenvalue weighted by molar-refractivity contribution is 5.79. The molecule has 2 aromatic rings. The van der Waals surface area contributed by atoms with E-state index in [-0.39, 0.29) is 0 Å². The van der Waals surface area contributed by atoms with Crippen LogP contribution in [0.1, 0.15) is 11.3 Å². The minimum atomic E-state index is 0.669. The normalized spacial score (nSPS) is 11.1. The van der Waals surface area contributed by atoms with E-state index >= 15 is 0 Å². The molecule has 5 heteroatoms. The molecule has 0 amide bonds. The second kappa shape index (κ2) is 10.2. The Morgan fingerprint density at radius 3 is 2.71 bits per heavy atom. The van der Waals surface area contributed by atoms with E-state index in [4.69, 9.17) is 9.15 Å². The number of methoxy groups -OCH3 is 1. The first-order valence-corrected chi connectivity index (χ1v) is 8.10. The third-order valence-corrected chi connectivity index (χ3v) is 3.49. The second-order valence-electron chi connectivity index (χ2n) is 5.25. The first-order chi connectivity index (χ1) is 11.8. The summed E-state index contributed by atoms with van der Waals surface area (Å²) in [5, 5.41) is 6.57. The number of guanidine groups is 1. The van der Waals surface area contributed by atoms with Crippen LogP contribution in [0.3, 0.4) is 0 Å². The smallest absolute Gasteiger partial charge is 0.191 e. The molecule has 1 aromatic heterocycles. The first-order valence-electron chi connectivity index (χ1n) is 8.10. The molecule has 2 rings (SSSR count). The number of nitrogens with zero attached hydrogens (tertiary/aromatic N) is 1. The van der Waals surface area contributed by atoms with Crippen LogP contribution in [0.4, 0.5) is 0 Å². The first kappa shape index (κ1) is 17.7. The summed E-state index contributed by atoms with van der Waals surface area (Å²) in [6.07, 6.45) is 5.19. The van der Waals surface area contributed by atoms with E-state index < -0.39 is 0 Å². The maximum absolute atomic E-state index is 5.32. The summed E-state index contributed by atoms with van der Waals surface area (Å²) in [6.45, 7) is 5.87. The van der Waals surface area contributed by atoms with Gasteiger partial charge in [-0.05, 0) is 36.2 Å². The van der Waals surface area contributed by atoms with Crippen molar-refractivity contribution in [3.8, 4) is 5.75 Å². The van der Waals surface area contributed by atoms with Crippen LogP contribution in [0.25, 0.3) is 0 Å². The van der Waals surface area contributed by atoms with Crippen LogP contribution in [0, 0.1) is 0 Å². The van der Waals surface area contributed by atoms with Gasteiger partial charge in [0.1, 0.15) is 11.5 Å². The van der Waals surface area contributed by atoms with Crippen molar-refractivity contribution in [2.24, 2.45) is 4.99 Å². The number of hydrogen-bond acceptors (Lipinski definition) is 3. The molecule has 0 saturated carbocycles. The number of rotatable bonds is 9. The molecule has 1 aromatic carbocycles. The molecule has 5 nitrogen and oxygen atoms in total. The highest BCUT2D eigenvalue weighted by Crippen LogP contribution is 2.11. The predicted molar refractivity (Wildman–Crippen MR) is 97.6 cm³/mol. The highest BCUT2D eigenvalue weighted by atomic mass is 16.5. The highest BCUT2D eigenvalue weighted by Gasteiger charge is 2.00. The quantitative estimate of drug-likeness (QED) is 0.422. The Balaban J connectivity index is 1.79. The van der Waals surface area contributed by atoms with E-state index in [2.05, 4.69) is 34.3 Å². The standard InChI is InChI=1S/C19H25N3O2/c1-3-12-20-19(22-14-11-18-5-4-15-24-18)21-13-10-16-6-8-17(23-2)9-7-16/h3-9,15H,1,10-14H2,2H3,(H2,20,21,22). The summed E-state index contributed by atoms with van der Waals surface area (Å²) >= 11 is 0. The Kier molecular flexibility index (Phi) is 7.47. The van der Waals surface area contributed by atoms with Crippen molar-refractivity contribution >= 4 is 5.96 Å². The molecule has 0 saturated heterocycles. The largest absolute Gasteiger partial charge is 0.497 e. The average molecular weight is 327 g/mol. The van der Waals surface area contributed by atoms with Crippen molar-refractivity contribution in [1.29, 1.82) is 0 Å². The number of hydrogen-bond donors (Lipinski definition) is 2. The molecule has 0 aliphatic rings. The van der Waals surface area contributed by atoms with Crippen LogP contribution in [0.5, 0.6) is 5.75 Å². The van der Waals surface area contributed by atoms with Crippen LogP contribution in [0.15, 0.2) is 64.7 Å². The fourth-order valence-electron chi connectivity index (χ4n) is 2.19. The van der Waals surface area contributed by atoms with Gasteiger partial charge in [-0.1, -0.05) is 18.2 Å². The van der Waals surface area contributed by atoms with Gasteiger partial charge >= 0.3 is 0 Å². The average Bonchev–Trinajstić information content (AvgIpc) is 3.13. The topological polar surface area (TPSA) is 58.8 Å². The molecule has 1 heterocycles. The van der Waals surface area contributed by atoms with Crippen LogP contribution < -0.4 is 15.4 Å². The van der Waals surface area contributed by atoms with Crippen LogP contribution in [-0.4, -0.2) is 32.7 Å². The second-order valence-corrected chi connectivity index (χ2v) is 5.25. The van der Waals surface area contributed by atoms with Crippen molar-refractivity contribution in [1.82, 2.24) is 10.6 Å². The van der Waals surface area contributed by atoms with Gasteiger partial charge in [0.05, 0.1) is 13.4 Å². The predicted octanol–water partition coefficient (Wildman–Crippen LogP) is 2.79. The van der Waals surface area contributed by atoms with Gasteiger partial charge in [0.25, 0.3) is 0 Å². The molecule has 0 spiro atoms. The Morgan fingerprint density at radius 1 is 1.21 bits per heavy atom. The van der Waals surface area contributed by atoms with Gasteiger partial charge in [0.15, 0.2) is 5.96 Å². The van der Waals surface area contributed by atoms with Gasteiger partial charge in [0, 0.05) is 26.1 Å². The van der Waals surface area contributed by atoms with Crippen LogP contribution in [-0.2, 0) is 12.8 Å². The molecule has 0 aliphatic heterocycles. The van der Waals surface area contributed by atoms with Gasteiger partial charge in [0.2, 0.25) is 0 Å². The molecule has 0 bridgehead atoms. The molecular weight excluding hydrogens is 302 g/mol. The summed E-state index contributed by atoms with van der Waals surface area (Å²) in [5.41, 5.74) is 1.25. The minimum absolute atomic E-state index is 0.669. The zero-order chi connectivity index (χ0) is 17.0. The lowest BCUT2D eigenvalue weighted by atomic mass is 10.1. The van der Waals surface area contributed by atoms with Gasteiger partial charge in [-0.2, -0.15) is 0 Å². The van der Waals surface area contributed by atoms with E-state index in [1.54, 1.807) is 13.4 Å². The zero-order valence-corrected chi connectivity index (χ0v) is 14.1. The number of aliphatic imine (C=N–C) groups is 1. The Morgan fingerprint density at radius 2 is 2.04 bits per heavy atom. The van der Waals surface area contributed by atoms with Gasteiger partial charge < -0.3 is 19.8 Å². The van der Waals surface area contributed by atoms with Crippen LogP contribution in [0.2, 0.25) is 0 Å². The van der Waals surface area contributed by atoms with Crippen molar-refractivity contribution in [2.45, 2.75) is 12.8 Å². The third kappa shape index (κ3) is 6.20.